The maximum Gasteiger partial charge on any atom is 0.307 e. The van der Waals surface area contributed by atoms with Crippen LogP contribution in [-0.4, -0.2) is 48.7 Å². The highest BCUT2D eigenvalue weighted by Crippen LogP contribution is 2.39. The standard InChI is InChI=1S/C10H17NO4/c1-3-15-5-4-11(2)9(12)7-6-8(7)10(13)14/h7-8H,3-6H2,1-2H3,(H,13,14). The molecular formula is C10H17NO4. The Morgan fingerprint density at radius 3 is 2.60 bits per heavy atom. The van der Waals surface area contributed by atoms with Gasteiger partial charge in [-0.1, -0.05) is 0 Å². The second kappa shape index (κ2) is 5.11. The summed E-state index contributed by atoms with van der Waals surface area (Å²) < 4.78 is 5.12. The van der Waals surface area contributed by atoms with Crippen molar-refractivity contribution in [2.75, 3.05) is 26.8 Å². The van der Waals surface area contributed by atoms with Crippen molar-refractivity contribution in [1.29, 1.82) is 0 Å². The molecule has 1 aliphatic carbocycles. The minimum absolute atomic E-state index is 0.0814. The first-order chi connectivity index (χ1) is 7.07. The molecule has 5 nitrogen and oxygen atoms in total. The Labute approximate surface area is 89.0 Å². The summed E-state index contributed by atoms with van der Waals surface area (Å²) in [6.07, 6.45) is 0.479. The second-order valence-electron chi connectivity index (χ2n) is 3.74. The van der Waals surface area contributed by atoms with Crippen LogP contribution in [0.25, 0.3) is 0 Å². The summed E-state index contributed by atoms with van der Waals surface area (Å²) in [5.41, 5.74) is 0. The van der Waals surface area contributed by atoms with E-state index in [1.807, 2.05) is 6.92 Å². The molecule has 2 unspecified atom stereocenters. The number of carbonyl (C=O) groups excluding carboxylic acids is 1. The van der Waals surface area contributed by atoms with E-state index in [2.05, 4.69) is 0 Å². The van der Waals surface area contributed by atoms with Gasteiger partial charge < -0.3 is 14.7 Å². The molecule has 0 aromatic rings. The average molecular weight is 215 g/mol. The normalized spacial score (nSPS) is 23.6. The van der Waals surface area contributed by atoms with E-state index in [0.29, 0.717) is 26.2 Å². The summed E-state index contributed by atoms with van der Waals surface area (Å²) in [4.78, 5) is 23.7. The molecule has 1 aliphatic rings. The molecule has 1 N–H and O–H groups in total. The van der Waals surface area contributed by atoms with Crippen molar-refractivity contribution in [3.8, 4) is 0 Å². The number of rotatable bonds is 6. The third-order valence-electron chi connectivity index (χ3n) is 2.58. The Bertz CT molecular complexity index is 254. The van der Waals surface area contributed by atoms with E-state index in [1.54, 1.807) is 11.9 Å². The molecule has 86 valence electrons. The van der Waals surface area contributed by atoms with Crippen molar-refractivity contribution in [3.63, 3.8) is 0 Å². The van der Waals surface area contributed by atoms with Crippen LogP contribution in [0.2, 0.25) is 0 Å². The average Bonchev–Trinajstić information content (AvgIpc) is 2.96. The van der Waals surface area contributed by atoms with E-state index in [1.165, 1.54) is 0 Å². The van der Waals surface area contributed by atoms with Gasteiger partial charge in [-0.05, 0) is 13.3 Å². The first kappa shape index (κ1) is 12.0. The Morgan fingerprint density at radius 1 is 1.47 bits per heavy atom. The van der Waals surface area contributed by atoms with Gasteiger partial charge in [0.2, 0.25) is 5.91 Å². The molecule has 0 heterocycles. The number of hydrogen-bond donors (Lipinski definition) is 1. The summed E-state index contributed by atoms with van der Waals surface area (Å²) in [6.45, 7) is 3.55. The molecule has 0 spiro atoms. The van der Waals surface area contributed by atoms with Gasteiger partial charge in [-0.2, -0.15) is 0 Å². The molecule has 0 aromatic carbocycles. The van der Waals surface area contributed by atoms with Crippen LogP contribution in [0.3, 0.4) is 0 Å². The van der Waals surface area contributed by atoms with Crippen LogP contribution in [0.4, 0.5) is 0 Å². The van der Waals surface area contributed by atoms with Crippen LogP contribution in [0.5, 0.6) is 0 Å². The summed E-state index contributed by atoms with van der Waals surface area (Å²) in [6, 6.07) is 0. The fraction of sp³-hybridized carbons (Fsp3) is 0.800. The van der Waals surface area contributed by atoms with Crippen LogP contribution in [0, 0.1) is 11.8 Å². The van der Waals surface area contributed by atoms with Crippen LogP contribution in [0.1, 0.15) is 13.3 Å². The van der Waals surface area contributed by atoms with Crippen LogP contribution in [0.15, 0.2) is 0 Å². The van der Waals surface area contributed by atoms with Gasteiger partial charge in [0.15, 0.2) is 0 Å². The first-order valence-electron chi connectivity index (χ1n) is 5.13. The molecule has 0 aromatic heterocycles. The van der Waals surface area contributed by atoms with E-state index in [4.69, 9.17) is 9.84 Å². The molecule has 1 fully saturated rings. The fourth-order valence-electron chi connectivity index (χ4n) is 1.48. The van der Waals surface area contributed by atoms with Crippen LogP contribution in [-0.2, 0) is 14.3 Å². The van der Waals surface area contributed by atoms with Gasteiger partial charge in [0.1, 0.15) is 0 Å². The third-order valence-corrected chi connectivity index (χ3v) is 2.58. The number of carbonyl (C=O) groups is 2. The SMILES string of the molecule is CCOCCN(C)C(=O)C1CC1C(=O)O. The summed E-state index contributed by atoms with van der Waals surface area (Å²) in [7, 11) is 1.68. The summed E-state index contributed by atoms with van der Waals surface area (Å²) >= 11 is 0. The summed E-state index contributed by atoms with van der Waals surface area (Å²) in [5.74, 6) is -1.73. The lowest BCUT2D eigenvalue weighted by molar-refractivity contribution is -0.141. The molecule has 0 bridgehead atoms. The highest BCUT2D eigenvalue weighted by molar-refractivity contribution is 5.89. The highest BCUT2D eigenvalue weighted by atomic mass is 16.5. The van der Waals surface area contributed by atoms with E-state index in [9.17, 15) is 9.59 Å². The Balaban J connectivity index is 2.26. The minimum Gasteiger partial charge on any atom is -0.481 e. The number of amides is 1. The second-order valence-corrected chi connectivity index (χ2v) is 3.74. The van der Waals surface area contributed by atoms with E-state index in [-0.39, 0.29) is 11.8 Å². The Kier molecular flexibility index (Phi) is 4.08. The third kappa shape index (κ3) is 3.20. The summed E-state index contributed by atoms with van der Waals surface area (Å²) in [5, 5.41) is 8.67. The smallest absolute Gasteiger partial charge is 0.307 e. The zero-order valence-electron chi connectivity index (χ0n) is 9.10. The lowest BCUT2D eigenvalue weighted by Crippen LogP contribution is -2.32. The number of ether oxygens (including phenoxy) is 1. The maximum absolute atomic E-state index is 11.6. The molecule has 2 atom stereocenters. The Hall–Kier alpha value is -1.10. The van der Waals surface area contributed by atoms with Crippen molar-refractivity contribution in [3.05, 3.63) is 0 Å². The number of carboxylic acids is 1. The number of aliphatic carboxylic acids is 1. The lowest BCUT2D eigenvalue weighted by atomic mass is 10.3. The van der Waals surface area contributed by atoms with Gasteiger partial charge in [0, 0.05) is 20.2 Å². The van der Waals surface area contributed by atoms with Crippen molar-refractivity contribution >= 4 is 11.9 Å². The maximum atomic E-state index is 11.6. The number of nitrogens with zero attached hydrogens (tertiary/aromatic N) is 1. The topological polar surface area (TPSA) is 66.8 Å². The molecule has 5 heteroatoms. The predicted molar refractivity (Wildman–Crippen MR) is 53.4 cm³/mol. The van der Waals surface area contributed by atoms with Crippen molar-refractivity contribution < 1.29 is 19.4 Å². The molecule has 1 rings (SSSR count). The quantitative estimate of drug-likeness (QED) is 0.643. The number of likely N-dealkylation sites (N-methyl/N-ethyl adjacent to an activating group) is 1. The number of carboxylic acid groups (broad SMARTS) is 1. The zero-order valence-corrected chi connectivity index (χ0v) is 9.10. The predicted octanol–water partition coefficient (Wildman–Crippen LogP) is 0.202. The van der Waals surface area contributed by atoms with Crippen LogP contribution >= 0.6 is 0 Å². The monoisotopic (exact) mass is 215 g/mol. The molecule has 15 heavy (non-hydrogen) atoms. The molecule has 1 amide bonds. The van der Waals surface area contributed by atoms with Crippen LogP contribution < -0.4 is 0 Å². The van der Waals surface area contributed by atoms with E-state index < -0.39 is 11.9 Å². The zero-order chi connectivity index (χ0) is 11.4. The molecule has 0 radical (unpaired) electrons. The lowest BCUT2D eigenvalue weighted by Gasteiger charge is -2.16. The Morgan fingerprint density at radius 2 is 2.13 bits per heavy atom. The first-order valence-corrected chi connectivity index (χ1v) is 5.13. The molecule has 0 aliphatic heterocycles. The van der Waals surface area contributed by atoms with Gasteiger partial charge >= 0.3 is 5.97 Å². The number of hydrogen-bond acceptors (Lipinski definition) is 3. The highest BCUT2D eigenvalue weighted by Gasteiger charge is 2.49. The minimum atomic E-state index is -0.869. The molecule has 1 saturated carbocycles. The van der Waals surface area contributed by atoms with E-state index in [0.717, 1.165) is 0 Å². The largest absolute Gasteiger partial charge is 0.481 e. The van der Waals surface area contributed by atoms with Gasteiger partial charge in [-0.15, -0.1) is 0 Å². The van der Waals surface area contributed by atoms with Crippen molar-refractivity contribution in [2.45, 2.75) is 13.3 Å². The van der Waals surface area contributed by atoms with Crippen molar-refractivity contribution in [1.82, 2.24) is 4.90 Å². The fourth-order valence-corrected chi connectivity index (χ4v) is 1.48. The van der Waals surface area contributed by atoms with E-state index >= 15 is 0 Å². The van der Waals surface area contributed by atoms with Gasteiger partial charge in [0.25, 0.3) is 0 Å². The van der Waals surface area contributed by atoms with Gasteiger partial charge in [-0.3, -0.25) is 9.59 Å². The van der Waals surface area contributed by atoms with Gasteiger partial charge in [0.05, 0.1) is 18.4 Å². The molecular weight excluding hydrogens is 198 g/mol. The van der Waals surface area contributed by atoms with Gasteiger partial charge in [-0.25, -0.2) is 0 Å². The van der Waals surface area contributed by atoms with Crippen molar-refractivity contribution in [2.24, 2.45) is 11.8 Å². The molecule has 0 saturated heterocycles.